The Bertz CT molecular complexity index is 276. The molecule has 8 heteroatoms. The van der Waals surface area contributed by atoms with Crippen LogP contribution in [0.25, 0.3) is 0 Å². The quantitative estimate of drug-likeness (QED) is 0.584. The predicted octanol–water partition coefficient (Wildman–Crippen LogP) is 2.51. The van der Waals surface area contributed by atoms with Gasteiger partial charge < -0.3 is 14.7 Å². The van der Waals surface area contributed by atoms with Crippen LogP contribution >= 0.6 is 46.4 Å². The summed E-state index contributed by atoms with van der Waals surface area (Å²) in [6.07, 6.45) is 2.25. The van der Waals surface area contributed by atoms with Crippen LogP contribution in [0.5, 0.6) is 0 Å². The van der Waals surface area contributed by atoms with E-state index in [0.29, 0.717) is 25.7 Å². The molecule has 98 valence electrons. The highest BCUT2D eigenvalue weighted by molar-refractivity contribution is 6.51. The van der Waals surface area contributed by atoms with Crippen molar-refractivity contribution in [3.05, 3.63) is 0 Å². The Kier molecular flexibility index (Phi) is 4.18. The Morgan fingerprint density at radius 2 is 1.41 bits per heavy atom. The second-order valence-corrected chi connectivity index (χ2v) is 7.96. The van der Waals surface area contributed by atoms with Gasteiger partial charge in [0.05, 0.1) is 0 Å². The van der Waals surface area contributed by atoms with Gasteiger partial charge in [0, 0.05) is 6.10 Å². The molecule has 2 aliphatic carbocycles. The summed E-state index contributed by atoms with van der Waals surface area (Å²) in [5.41, 5.74) is 0. The third-order valence-electron chi connectivity index (χ3n) is 3.32. The lowest BCUT2D eigenvalue weighted by Gasteiger charge is -2.18. The molecule has 0 aromatic carbocycles. The van der Waals surface area contributed by atoms with E-state index in [9.17, 15) is 0 Å². The van der Waals surface area contributed by atoms with Crippen molar-refractivity contribution in [3.63, 3.8) is 0 Å². The van der Waals surface area contributed by atoms with Gasteiger partial charge in [-0.25, -0.2) is 0 Å². The Morgan fingerprint density at radius 1 is 1.06 bits per heavy atom. The summed E-state index contributed by atoms with van der Waals surface area (Å²) in [7, 11) is -1.79. The smallest absolute Gasteiger partial charge is 0.402 e. The molecule has 2 N–H and O–H groups in total. The molecule has 2 unspecified atom stereocenters. The zero-order valence-electron chi connectivity index (χ0n) is 8.95. The van der Waals surface area contributed by atoms with Crippen LogP contribution in [0, 0.1) is 11.8 Å². The van der Waals surface area contributed by atoms with Crippen molar-refractivity contribution in [3.8, 4) is 0 Å². The molecule has 0 bridgehead atoms. The molecule has 0 radical (unpaired) electrons. The van der Waals surface area contributed by atoms with Gasteiger partial charge in [0.15, 0.2) is 0 Å². The van der Waals surface area contributed by atoms with Crippen molar-refractivity contribution in [2.45, 2.75) is 40.5 Å². The third kappa shape index (κ3) is 4.03. The average Bonchev–Trinajstić information content (AvgIpc) is 2.89. The molecule has 0 aromatic rings. The van der Waals surface area contributed by atoms with E-state index in [2.05, 4.69) is 0 Å². The highest BCUT2D eigenvalue weighted by Gasteiger charge is 2.55. The fourth-order valence-corrected chi connectivity index (χ4v) is 3.17. The van der Waals surface area contributed by atoms with Gasteiger partial charge >= 0.3 is 7.32 Å². The molecular weight excluding hydrogens is 309 g/mol. The van der Waals surface area contributed by atoms with E-state index in [-0.39, 0.29) is 17.9 Å². The molecule has 0 spiro atoms. The van der Waals surface area contributed by atoms with Gasteiger partial charge in [-0.05, 0) is 37.5 Å². The van der Waals surface area contributed by atoms with Gasteiger partial charge in [-0.2, -0.15) is 0 Å². The van der Waals surface area contributed by atoms with Crippen molar-refractivity contribution in [2.75, 3.05) is 0 Å². The van der Waals surface area contributed by atoms with Gasteiger partial charge in [-0.3, -0.25) is 0 Å². The number of alkyl halides is 4. The van der Waals surface area contributed by atoms with Crippen LogP contribution < -0.4 is 0 Å². The highest BCUT2D eigenvalue weighted by atomic mass is 35.5. The zero-order chi connectivity index (χ0) is 12.8. The van der Waals surface area contributed by atoms with Crippen LogP contribution in [0.15, 0.2) is 0 Å². The maximum Gasteiger partial charge on any atom is 0.634 e. The second-order valence-electron chi connectivity index (χ2n) is 4.88. The minimum Gasteiger partial charge on any atom is -0.402 e. The lowest BCUT2D eigenvalue weighted by molar-refractivity contribution is 0.0965. The van der Waals surface area contributed by atoms with E-state index < -0.39 is 16.0 Å². The summed E-state index contributed by atoms with van der Waals surface area (Å²) in [5, 5.41) is 17.7. The lowest BCUT2D eigenvalue weighted by atomic mass is 10.0. The molecule has 0 amide bonds. The SMILES string of the molecule is OB(O)OC(CC1CC1(Cl)Cl)CC1CC1(Cl)Cl. The molecule has 2 atom stereocenters. The summed E-state index contributed by atoms with van der Waals surface area (Å²) in [6.45, 7) is 0. The molecule has 0 heterocycles. The van der Waals surface area contributed by atoms with Gasteiger partial charge in [-0.1, -0.05) is 0 Å². The summed E-state index contributed by atoms with van der Waals surface area (Å²) < 4.78 is 3.64. The number of hydrogen-bond acceptors (Lipinski definition) is 3. The number of rotatable bonds is 6. The van der Waals surface area contributed by atoms with Crippen LogP contribution in [0.3, 0.4) is 0 Å². The normalized spacial score (nSPS) is 34.2. The van der Waals surface area contributed by atoms with Gasteiger partial charge in [0.25, 0.3) is 0 Å². The molecule has 0 aromatic heterocycles. The van der Waals surface area contributed by atoms with Crippen LogP contribution in [0.1, 0.15) is 25.7 Å². The summed E-state index contributed by atoms with van der Waals surface area (Å²) in [5.74, 6) is 0.266. The second kappa shape index (κ2) is 4.90. The van der Waals surface area contributed by atoms with E-state index in [4.69, 9.17) is 61.1 Å². The Balaban J connectivity index is 1.81. The summed E-state index contributed by atoms with van der Waals surface area (Å²) in [6, 6.07) is 0. The molecular formula is C9H13BCl4O3. The standard InChI is InChI=1S/C9H13BCl4O3/c11-8(12)3-5(8)1-7(17-10(15)16)2-6-4-9(6,13)14/h5-7,15-16H,1-4H2. The fraction of sp³-hybridized carbons (Fsp3) is 1.00. The molecule has 2 fully saturated rings. The van der Waals surface area contributed by atoms with Crippen molar-refractivity contribution in [2.24, 2.45) is 11.8 Å². The minimum absolute atomic E-state index is 0.133. The molecule has 2 saturated carbocycles. The van der Waals surface area contributed by atoms with E-state index >= 15 is 0 Å². The first-order valence-corrected chi connectivity index (χ1v) is 6.99. The van der Waals surface area contributed by atoms with E-state index in [1.807, 2.05) is 0 Å². The molecule has 2 rings (SSSR count). The first-order chi connectivity index (χ1) is 7.71. The Morgan fingerprint density at radius 3 is 1.65 bits per heavy atom. The van der Waals surface area contributed by atoms with Crippen LogP contribution in [-0.2, 0) is 4.65 Å². The minimum atomic E-state index is -1.79. The van der Waals surface area contributed by atoms with E-state index in [1.54, 1.807) is 0 Å². The van der Waals surface area contributed by atoms with Gasteiger partial charge in [0.2, 0.25) is 0 Å². The molecule has 0 saturated heterocycles. The van der Waals surface area contributed by atoms with Crippen LogP contribution in [0.4, 0.5) is 0 Å². The first-order valence-electron chi connectivity index (χ1n) is 5.48. The number of hydrogen-bond donors (Lipinski definition) is 2. The van der Waals surface area contributed by atoms with Crippen molar-refractivity contribution < 1.29 is 14.7 Å². The van der Waals surface area contributed by atoms with E-state index in [1.165, 1.54) is 0 Å². The van der Waals surface area contributed by atoms with Crippen molar-refractivity contribution in [1.29, 1.82) is 0 Å². The van der Waals surface area contributed by atoms with Crippen LogP contribution in [-0.4, -0.2) is 32.1 Å². The lowest BCUT2D eigenvalue weighted by Crippen LogP contribution is -2.27. The molecule has 3 nitrogen and oxygen atoms in total. The fourth-order valence-electron chi connectivity index (χ4n) is 2.06. The largest absolute Gasteiger partial charge is 0.634 e. The summed E-state index contributed by atoms with van der Waals surface area (Å²) >= 11 is 23.7. The Labute approximate surface area is 120 Å². The predicted molar refractivity (Wildman–Crippen MR) is 69.4 cm³/mol. The van der Waals surface area contributed by atoms with Crippen molar-refractivity contribution >= 4 is 53.7 Å². The topological polar surface area (TPSA) is 49.7 Å². The van der Waals surface area contributed by atoms with Gasteiger partial charge in [0.1, 0.15) is 8.67 Å². The van der Waals surface area contributed by atoms with Crippen molar-refractivity contribution in [1.82, 2.24) is 0 Å². The molecule has 17 heavy (non-hydrogen) atoms. The van der Waals surface area contributed by atoms with Gasteiger partial charge in [-0.15, -0.1) is 46.4 Å². The van der Waals surface area contributed by atoms with Crippen LogP contribution in [0.2, 0.25) is 0 Å². The Hall–Kier alpha value is 1.10. The maximum absolute atomic E-state index is 8.85. The first kappa shape index (κ1) is 14.5. The molecule has 2 aliphatic rings. The monoisotopic (exact) mass is 320 g/mol. The summed E-state index contributed by atoms with van der Waals surface area (Å²) in [4.78, 5) is 0. The van der Waals surface area contributed by atoms with E-state index in [0.717, 1.165) is 0 Å². The zero-order valence-corrected chi connectivity index (χ0v) is 12.0. The third-order valence-corrected chi connectivity index (χ3v) is 5.17. The highest BCUT2D eigenvalue weighted by Crippen LogP contribution is 2.58. The average molecular weight is 322 g/mol. The molecule has 0 aliphatic heterocycles. The maximum atomic E-state index is 8.85. The number of halogens is 4.